The molecule has 19 heavy (non-hydrogen) atoms. The summed E-state index contributed by atoms with van der Waals surface area (Å²) >= 11 is 0. The van der Waals surface area contributed by atoms with Gasteiger partial charge < -0.3 is 5.73 Å². The predicted molar refractivity (Wildman–Crippen MR) is 88.6 cm³/mol. The summed E-state index contributed by atoms with van der Waals surface area (Å²) in [5.41, 5.74) is 6.23. The van der Waals surface area contributed by atoms with E-state index in [4.69, 9.17) is 5.73 Å². The average Bonchev–Trinajstić information content (AvgIpc) is 2.40. The molecule has 2 N–H and O–H groups in total. The van der Waals surface area contributed by atoms with Crippen molar-refractivity contribution in [3.8, 4) is 0 Å². The molecule has 1 unspecified atom stereocenters. The van der Waals surface area contributed by atoms with Crippen LogP contribution in [0, 0.1) is 0 Å². The molecule has 1 heteroatoms. The number of hydrogen-bond donors (Lipinski definition) is 1. The Morgan fingerprint density at radius 2 is 1.00 bits per heavy atom. The van der Waals surface area contributed by atoms with Gasteiger partial charge >= 0.3 is 0 Å². The molecular weight excluding hydrogens is 230 g/mol. The molecule has 0 rings (SSSR count). The number of unbranched alkanes of at least 4 members (excludes halogenated alkanes) is 11. The third-order valence-electron chi connectivity index (χ3n) is 4.41. The van der Waals surface area contributed by atoms with E-state index in [1.165, 1.54) is 83.5 Å². The second-order valence-electron chi connectivity index (χ2n) is 6.65. The molecule has 0 amide bonds. The van der Waals surface area contributed by atoms with Gasteiger partial charge in [-0.15, -0.1) is 0 Å². The number of nitrogens with two attached hydrogens (primary N) is 1. The van der Waals surface area contributed by atoms with Gasteiger partial charge in [-0.25, -0.2) is 0 Å². The SMILES string of the molecule is CCCCCCCCCCCCCCC(C)(N)CC. The summed E-state index contributed by atoms with van der Waals surface area (Å²) in [7, 11) is 0. The third kappa shape index (κ3) is 14.2. The molecule has 116 valence electrons. The largest absolute Gasteiger partial charge is 0.325 e. The maximum absolute atomic E-state index is 6.15. The lowest BCUT2D eigenvalue weighted by Gasteiger charge is -2.22. The lowest BCUT2D eigenvalue weighted by atomic mass is 9.92. The van der Waals surface area contributed by atoms with Crippen molar-refractivity contribution in [1.82, 2.24) is 0 Å². The first-order chi connectivity index (χ1) is 9.12. The molecule has 1 atom stereocenters. The first-order valence-electron chi connectivity index (χ1n) is 8.91. The van der Waals surface area contributed by atoms with E-state index in [1.54, 1.807) is 0 Å². The van der Waals surface area contributed by atoms with Crippen molar-refractivity contribution in [3.63, 3.8) is 0 Å². The maximum atomic E-state index is 6.15. The second-order valence-corrected chi connectivity index (χ2v) is 6.65. The minimum atomic E-state index is 0.0818. The molecule has 0 saturated carbocycles. The van der Waals surface area contributed by atoms with Gasteiger partial charge in [-0.2, -0.15) is 0 Å². The fraction of sp³-hybridized carbons (Fsp3) is 1.00. The van der Waals surface area contributed by atoms with Crippen LogP contribution in [0.25, 0.3) is 0 Å². The van der Waals surface area contributed by atoms with Gasteiger partial charge in [0.1, 0.15) is 0 Å². The quantitative estimate of drug-likeness (QED) is 0.373. The summed E-state index contributed by atoms with van der Waals surface area (Å²) in [6, 6.07) is 0. The van der Waals surface area contributed by atoms with Gasteiger partial charge in [0.15, 0.2) is 0 Å². The van der Waals surface area contributed by atoms with Gasteiger partial charge in [0.2, 0.25) is 0 Å². The number of rotatable bonds is 14. The summed E-state index contributed by atoms with van der Waals surface area (Å²) in [5.74, 6) is 0. The summed E-state index contributed by atoms with van der Waals surface area (Å²) in [4.78, 5) is 0. The molecule has 0 aromatic heterocycles. The van der Waals surface area contributed by atoms with E-state index in [2.05, 4.69) is 20.8 Å². The van der Waals surface area contributed by atoms with Crippen LogP contribution in [0.1, 0.15) is 111 Å². The molecule has 0 aliphatic rings. The molecule has 0 saturated heterocycles. The van der Waals surface area contributed by atoms with E-state index in [9.17, 15) is 0 Å². The van der Waals surface area contributed by atoms with Gasteiger partial charge in [0.05, 0.1) is 0 Å². The van der Waals surface area contributed by atoms with E-state index in [0.717, 1.165) is 6.42 Å². The fourth-order valence-electron chi connectivity index (χ4n) is 2.55. The van der Waals surface area contributed by atoms with Crippen LogP contribution in [0.2, 0.25) is 0 Å². The van der Waals surface area contributed by atoms with Gasteiger partial charge in [-0.05, 0) is 19.8 Å². The molecule has 1 nitrogen and oxygen atoms in total. The van der Waals surface area contributed by atoms with Crippen LogP contribution in [0.4, 0.5) is 0 Å². The standard InChI is InChI=1S/C18H39N/c1-4-6-7-8-9-10-11-12-13-14-15-16-17-18(3,19)5-2/h4-17,19H2,1-3H3. The lowest BCUT2D eigenvalue weighted by molar-refractivity contribution is 0.394. The molecule has 0 bridgehead atoms. The van der Waals surface area contributed by atoms with Gasteiger partial charge in [0.25, 0.3) is 0 Å². The van der Waals surface area contributed by atoms with Crippen LogP contribution in [0.3, 0.4) is 0 Å². The van der Waals surface area contributed by atoms with Crippen LogP contribution in [-0.4, -0.2) is 5.54 Å². The molecule has 0 fully saturated rings. The Balaban J connectivity index is 3.07. The molecular formula is C18H39N. The highest BCUT2D eigenvalue weighted by molar-refractivity contribution is 4.75. The minimum absolute atomic E-state index is 0.0818. The molecule has 0 aromatic carbocycles. The monoisotopic (exact) mass is 269 g/mol. The molecule has 0 spiro atoms. The van der Waals surface area contributed by atoms with E-state index >= 15 is 0 Å². The van der Waals surface area contributed by atoms with Gasteiger partial charge in [0, 0.05) is 5.54 Å². The van der Waals surface area contributed by atoms with E-state index in [0.29, 0.717) is 0 Å². The summed E-state index contributed by atoms with van der Waals surface area (Å²) in [6.45, 7) is 6.67. The molecule has 0 aromatic rings. The second kappa shape index (κ2) is 13.0. The van der Waals surface area contributed by atoms with Crippen LogP contribution < -0.4 is 5.73 Å². The Labute approximate surface area is 122 Å². The van der Waals surface area contributed by atoms with Crippen molar-refractivity contribution in [2.45, 2.75) is 116 Å². The van der Waals surface area contributed by atoms with Gasteiger partial charge in [-0.3, -0.25) is 0 Å². The lowest BCUT2D eigenvalue weighted by Crippen LogP contribution is -2.34. The normalized spacial score (nSPS) is 14.5. The zero-order valence-electron chi connectivity index (χ0n) is 14.0. The van der Waals surface area contributed by atoms with Crippen LogP contribution in [-0.2, 0) is 0 Å². The summed E-state index contributed by atoms with van der Waals surface area (Å²) < 4.78 is 0. The Bertz CT molecular complexity index is 175. The van der Waals surface area contributed by atoms with Crippen LogP contribution in [0.5, 0.6) is 0 Å². The number of hydrogen-bond acceptors (Lipinski definition) is 1. The van der Waals surface area contributed by atoms with Crippen molar-refractivity contribution in [1.29, 1.82) is 0 Å². The zero-order valence-corrected chi connectivity index (χ0v) is 14.0. The molecule has 0 heterocycles. The Morgan fingerprint density at radius 1 is 0.632 bits per heavy atom. The third-order valence-corrected chi connectivity index (χ3v) is 4.41. The van der Waals surface area contributed by atoms with E-state index in [1.807, 2.05) is 0 Å². The molecule has 0 aliphatic carbocycles. The zero-order chi connectivity index (χ0) is 14.4. The smallest absolute Gasteiger partial charge is 0.0123 e. The van der Waals surface area contributed by atoms with Crippen LogP contribution in [0.15, 0.2) is 0 Å². The Kier molecular flexibility index (Phi) is 12.9. The fourth-order valence-corrected chi connectivity index (χ4v) is 2.55. The van der Waals surface area contributed by atoms with Crippen molar-refractivity contribution in [2.24, 2.45) is 5.73 Å². The Morgan fingerprint density at radius 3 is 1.37 bits per heavy atom. The minimum Gasteiger partial charge on any atom is -0.325 e. The van der Waals surface area contributed by atoms with Crippen molar-refractivity contribution < 1.29 is 0 Å². The van der Waals surface area contributed by atoms with Crippen LogP contribution >= 0.6 is 0 Å². The molecule has 0 radical (unpaired) electrons. The average molecular weight is 270 g/mol. The Hall–Kier alpha value is -0.0400. The van der Waals surface area contributed by atoms with Gasteiger partial charge in [-0.1, -0.05) is 90.9 Å². The summed E-state index contributed by atoms with van der Waals surface area (Å²) in [5, 5.41) is 0. The first-order valence-corrected chi connectivity index (χ1v) is 8.91. The van der Waals surface area contributed by atoms with Crippen molar-refractivity contribution in [2.75, 3.05) is 0 Å². The highest BCUT2D eigenvalue weighted by Gasteiger charge is 2.13. The van der Waals surface area contributed by atoms with Crippen molar-refractivity contribution in [3.05, 3.63) is 0 Å². The highest BCUT2D eigenvalue weighted by Crippen LogP contribution is 2.17. The van der Waals surface area contributed by atoms with E-state index < -0.39 is 0 Å². The molecule has 0 aliphatic heterocycles. The summed E-state index contributed by atoms with van der Waals surface area (Å²) in [6.07, 6.45) is 19.4. The maximum Gasteiger partial charge on any atom is 0.0123 e. The van der Waals surface area contributed by atoms with Crippen molar-refractivity contribution >= 4 is 0 Å². The van der Waals surface area contributed by atoms with E-state index in [-0.39, 0.29) is 5.54 Å². The predicted octanol–water partition coefficient (Wildman–Crippen LogP) is 6.21. The first kappa shape index (κ1) is 19.0. The highest BCUT2D eigenvalue weighted by atomic mass is 14.7. The topological polar surface area (TPSA) is 26.0 Å².